The summed E-state index contributed by atoms with van der Waals surface area (Å²) in [6, 6.07) is 5.20. The van der Waals surface area contributed by atoms with Crippen LogP contribution in [0.1, 0.15) is 33.1 Å². The molecule has 0 radical (unpaired) electrons. The standard InChI is InChI=1S/C12H17ClN2O2/c1-3-6-9(4-2)14-11-8-5-7-10(13)12(11)15(16)17/h5,7-9,14H,3-4,6H2,1-2H3. The SMILES string of the molecule is CCCC(CC)Nc1cccc(Cl)c1[N+](=O)[O-]. The van der Waals surface area contributed by atoms with Crippen molar-refractivity contribution in [2.45, 2.75) is 39.2 Å². The molecule has 1 unspecified atom stereocenters. The first-order chi connectivity index (χ1) is 8.10. The normalized spacial score (nSPS) is 12.2. The fourth-order valence-corrected chi connectivity index (χ4v) is 2.01. The lowest BCUT2D eigenvalue weighted by molar-refractivity contribution is -0.383. The van der Waals surface area contributed by atoms with Gasteiger partial charge in [0, 0.05) is 6.04 Å². The molecule has 1 aromatic carbocycles. The summed E-state index contributed by atoms with van der Waals surface area (Å²) in [6.45, 7) is 4.15. The smallest absolute Gasteiger partial charge is 0.310 e. The molecule has 0 amide bonds. The van der Waals surface area contributed by atoms with Crippen molar-refractivity contribution in [1.29, 1.82) is 0 Å². The van der Waals surface area contributed by atoms with Crippen LogP contribution < -0.4 is 5.32 Å². The quantitative estimate of drug-likeness (QED) is 0.612. The van der Waals surface area contributed by atoms with Crippen molar-refractivity contribution in [3.8, 4) is 0 Å². The Morgan fingerprint density at radius 3 is 2.71 bits per heavy atom. The van der Waals surface area contributed by atoms with Gasteiger partial charge in [0.25, 0.3) is 0 Å². The van der Waals surface area contributed by atoms with Crippen LogP contribution in [0.15, 0.2) is 18.2 Å². The Morgan fingerprint density at radius 2 is 2.18 bits per heavy atom. The molecule has 4 nitrogen and oxygen atoms in total. The lowest BCUT2D eigenvalue weighted by Crippen LogP contribution is -2.18. The average molecular weight is 257 g/mol. The highest BCUT2D eigenvalue weighted by atomic mass is 35.5. The number of nitrogens with one attached hydrogen (secondary N) is 1. The summed E-state index contributed by atoms with van der Waals surface area (Å²) in [6.07, 6.45) is 2.96. The van der Waals surface area contributed by atoms with Crippen LogP contribution in [-0.4, -0.2) is 11.0 Å². The minimum absolute atomic E-state index is 0.0382. The van der Waals surface area contributed by atoms with E-state index in [1.807, 2.05) is 0 Å². The van der Waals surface area contributed by atoms with E-state index in [-0.39, 0.29) is 16.8 Å². The maximum absolute atomic E-state index is 11.0. The first kappa shape index (κ1) is 13.8. The molecule has 0 spiro atoms. The van der Waals surface area contributed by atoms with E-state index >= 15 is 0 Å². The molecule has 0 aliphatic heterocycles. The van der Waals surface area contributed by atoms with Crippen molar-refractivity contribution in [3.05, 3.63) is 33.3 Å². The molecule has 0 aromatic heterocycles. The molecule has 0 saturated heterocycles. The predicted molar refractivity (Wildman–Crippen MR) is 70.7 cm³/mol. The topological polar surface area (TPSA) is 55.2 Å². The predicted octanol–water partition coefficient (Wildman–Crippen LogP) is 4.24. The maximum atomic E-state index is 11.0. The molecule has 1 atom stereocenters. The van der Waals surface area contributed by atoms with Crippen molar-refractivity contribution in [3.63, 3.8) is 0 Å². The van der Waals surface area contributed by atoms with Gasteiger partial charge in [0.05, 0.1) is 4.92 Å². The van der Waals surface area contributed by atoms with E-state index in [1.165, 1.54) is 6.07 Å². The van der Waals surface area contributed by atoms with E-state index < -0.39 is 4.92 Å². The molecule has 0 heterocycles. The number of nitro benzene ring substituents is 1. The average Bonchev–Trinajstić information content (AvgIpc) is 2.28. The van der Waals surface area contributed by atoms with Crippen LogP contribution in [0.25, 0.3) is 0 Å². The van der Waals surface area contributed by atoms with Crippen LogP contribution in [0, 0.1) is 10.1 Å². The highest BCUT2D eigenvalue weighted by Gasteiger charge is 2.19. The molecule has 0 bridgehead atoms. The van der Waals surface area contributed by atoms with Crippen molar-refractivity contribution in [2.75, 3.05) is 5.32 Å². The van der Waals surface area contributed by atoms with Gasteiger partial charge < -0.3 is 5.32 Å². The molecule has 0 aliphatic carbocycles. The Bertz CT molecular complexity index is 396. The number of benzene rings is 1. The highest BCUT2D eigenvalue weighted by molar-refractivity contribution is 6.33. The lowest BCUT2D eigenvalue weighted by Gasteiger charge is -2.17. The number of halogens is 1. The van der Waals surface area contributed by atoms with Gasteiger partial charge in [-0.1, -0.05) is 37.9 Å². The number of nitrogens with zero attached hydrogens (tertiary/aromatic N) is 1. The highest BCUT2D eigenvalue weighted by Crippen LogP contribution is 2.33. The Balaban J connectivity index is 2.97. The molecule has 0 aliphatic rings. The largest absolute Gasteiger partial charge is 0.377 e. The second kappa shape index (κ2) is 6.45. The van der Waals surface area contributed by atoms with Gasteiger partial charge >= 0.3 is 5.69 Å². The van der Waals surface area contributed by atoms with Gasteiger partial charge in [-0.15, -0.1) is 0 Å². The van der Waals surface area contributed by atoms with E-state index in [9.17, 15) is 10.1 Å². The third-order valence-electron chi connectivity index (χ3n) is 2.66. The second-order valence-electron chi connectivity index (χ2n) is 3.93. The maximum Gasteiger partial charge on any atom is 0.310 e. The molecular formula is C12H17ClN2O2. The van der Waals surface area contributed by atoms with Crippen LogP contribution in [0.2, 0.25) is 5.02 Å². The van der Waals surface area contributed by atoms with E-state index in [2.05, 4.69) is 19.2 Å². The summed E-state index contributed by atoms with van der Waals surface area (Å²) in [4.78, 5) is 10.5. The first-order valence-corrected chi connectivity index (χ1v) is 6.17. The Labute approximate surface area is 106 Å². The minimum atomic E-state index is -0.441. The number of hydrogen-bond donors (Lipinski definition) is 1. The monoisotopic (exact) mass is 256 g/mol. The fourth-order valence-electron chi connectivity index (χ4n) is 1.76. The minimum Gasteiger partial charge on any atom is -0.377 e. The third kappa shape index (κ3) is 3.60. The zero-order chi connectivity index (χ0) is 12.8. The third-order valence-corrected chi connectivity index (χ3v) is 2.96. The van der Waals surface area contributed by atoms with E-state index in [4.69, 9.17) is 11.6 Å². The van der Waals surface area contributed by atoms with Gasteiger partial charge in [0.1, 0.15) is 10.7 Å². The van der Waals surface area contributed by atoms with Crippen LogP contribution in [0.4, 0.5) is 11.4 Å². The Hall–Kier alpha value is -1.29. The molecule has 5 heteroatoms. The number of anilines is 1. The van der Waals surface area contributed by atoms with Crippen molar-refractivity contribution in [1.82, 2.24) is 0 Å². The zero-order valence-electron chi connectivity index (χ0n) is 10.1. The summed E-state index contributed by atoms with van der Waals surface area (Å²) in [5.74, 6) is 0. The summed E-state index contributed by atoms with van der Waals surface area (Å²) in [5, 5.41) is 14.3. The molecule has 17 heavy (non-hydrogen) atoms. The molecule has 1 rings (SSSR count). The summed E-state index contributed by atoms with van der Waals surface area (Å²) in [7, 11) is 0. The van der Waals surface area contributed by atoms with Crippen LogP contribution in [0.3, 0.4) is 0 Å². The molecule has 1 N–H and O–H groups in total. The molecule has 1 aromatic rings. The number of nitro groups is 1. The van der Waals surface area contributed by atoms with E-state index in [0.717, 1.165) is 19.3 Å². The lowest BCUT2D eigenvalue weighted by atomic mass is 10.1. The van der Waals surface area contributed by atoms with Gasteiger partial charge in [0.2, 0.25) is 0 Å². The number of para-hydroxylation sites is 1. The van der Waals surface area contributed by atoms with E-state index in [0.29, 0.717) is 5.69 Å². The van der Waals surface area contributed by atoms with Gasteiger partial charge in [-0.25, -0.2) is 0 Å². The molecule has 94 valence electrons. The van der Waals surface area contributed by atoms with Gasteiger partial charge in [-0.3, -0.25) is 10.1 Å². The van der Waals surface area contributed by atoms with Gasteiger partial charge in [0.15, 0.2) is 0 Å². The Morgan fingerprint density at radius 1 is 1.47 bits per heavy atom. The summed E-state index contributed by atoms with van der Waals surface area (Å²) in [5.41, 5.74) is 0.464. The van der Waals surface area contributed by atoms with Crippen molar-refractivity contribution >= 4 is 23.0 Å². The zero-order valence-corrected chi connectivity index (χ0v) is 10.8. The van der Waals surface area contributed by atoms with Gasteiger partial charge in [-0.2, -0.15) is 0 Å². The molecule has 0 fully saturated rings. The number of hydrogen-bond acceptors (Lipinski definition) is 3. The van der Waals surface area contributed by atoms with Crippen molar-refractivity contribution < 1.29 is 4.92 Å². The van der Waals surface area contributed by atoms with Crippen molar-refractivity contribution in [2.24, 2.45) is 0 Å². The second-order valence-corrected chi connectivity index (χ2v) is 4.34. The van der Waals surface area contributed by atoms with Gasteiger partial charge in [-0.05, 0) is 25.0 Å². The van der Waals surface area contributed by atoms with Crippen LogP contribution in [-0.2, 0) is 0 Å². The van der Waals surface area contributed by atoms with Crippen LogP contribution in [0.5, 0.6) is 0 Å². The molecule has 0 saturated carbocycles. The number of rotatable bonds is 6. The summed E-state index contributed by atoms with van der Waals surface area (Å²) < 4.78 is 0. The van der Waals surface area contributed by atoms with E-state index in [1.54, 1.807) is 12.1 Å². The van der Waals surface area contributed by atoms with Crippen LogP contribution >= 0.6 is 11.6 Å². The Kier molecular flexibility index (Phi) is 5.22. The first-order valence-electron chi connectivity index (χ1n) is 5.79. The molecular weight excluding hydrogens is 240 g/mol. The fraction of sp³-hybridized carbons (Fsp3) is 0.500. The summed E-state index contributed by atoms with van der Waals surface area (Å²) >= 11 is 5.85.